The van der Waals surface area contributed by atoms with Gasteiger partial charge in [0.1, 0.15) is 0 Å². The molecule has 2 aromatic carbocycles. The molecule has 3 aromatic rings. The monoisotopic (exact) mass is 392 g/mol. The minimum atomic E-state index is -0.0342. The molecule has 28 heavy (non-hydrogen) atoms. The van der Waals surface area contributed by atoms with Gasteiger partial charge in [-0.1, -0.05) is 54.2 Å². The quantitative estimate of drug-likeness (QED) is 0.488. The molecule has 5 nitrogen and oxygen atoms in total. The number of amides is 1. The van der Waals surface area contributed by atoms with Crippen molar-refractivity contribution in [3.05, 3.63) is 71.9 Å². The van der Waals surface area contributed by atoms with Gasteiger partial charge in [0.25, 0.3) is 0 Å². The minimum absolute atomic E-state index is 0.0342. The Morgan fingerprint density at radius 3 is 2.43 bits per heavy atom. The molecule has 0 aliphatic carbocycles. The van der Waals surface area contributed by atoms with Gasteiger partial charge in [0.2, 0.25) is 5.91 Å². The number of rotatable bonds is 7. The molecule has 0 atom stereocenters. The SMILES string of the molecule is Cc1cc(-c2ccccc2)nc(SCC(=O)NCc2ccc(N(C)C)cc2)n1. The fraction of sp³-hybridized carbons (Fsp3) is 0.227. The second-order valence-electron chi connectivity index (χ2n) is 6.67. The topological polar surface area (TPSA) is 58.1 Å². The zero-order chi connectivity index (χ0) is 19.9. The van der Waals surface area contributed by atoms with Crippen molar-refractivity contribution in [2.24, 2.45) is 0 Å². The third kappa shape index (κ3) is 5.57. The van der Waals surface area contributed by atoms with Gasteiger partial charge in [-0.2, -0.15) is 0 Å². The fourth-order valence-corrected chi connectivity index (χ4v) is 3.39. The summed E-state index contributed by atoms with van der Waals surface area (Å²) in [6.07, 6.45) is 0. The molecule has 6 heteroatoms. The van der Waals surface area contributed by atoms with Crippen molar-refractivity contribution >= 4 is 23.4 Å². The number of hydrogen-bond donors (Lipinski definition) is 1. The lowest BCUT2D eigenvalue weighted by atomic mass is 10.1. The second-order valence-corrected chi connectivity index (χ2v) is 7.61. The highest BCUT2D eigenvalue weighted by Gasteiger charge is 2.08. The summed E-state index contributed by atoms with van der Waals surface area (Å²) in [6, 6.07) is 20.1. The van der Waals surface area contributed by atoms with E-state index in [1.807, 2.05) is 86.6 Å². The van der Waals surface area contributed by atoms with Crippen LogP contribution in [0, 0.1) is 6.92 Å². The highest BCUT2D eigenvalue weighted by Crippen LogP contribution is 2.21. The molecular weight excluding hydrogens is 368 g/mol. The molecule has 0 bridgehead atoms. The van der Waals surface area contributed by atoms with Crippen LogP contribution in [-0.4, -0.2) is 35.7 Å². The van der Waals surface area contributed by atoms with Crippen LogP contribution in [0.3, 0.4) is 0 Å². The fourth-order valence-electron chi connectivity index (χ4n) is 2.66. The summed E-state index contributed by atoms with van der Waals surface area (Å²) < 4.78 is 0. The van der Waals surface area contributed by atoms with Gasteiger partial charge >= 0.3 is 0 Å². The predicted octanol–water partition coefficient (Wildman–Crippen LogP) is 3.93. The van der Waals surface area contributed by atoms with Crippen molar-refractivity contribution < 1.29 is 4.79 Å². The smallest absolute Gasteiger partial charge is 0.230 e. The molecule has 1 N–H and O–H groups in total. The maximum absolute atomic E-state index is 12.2. The molecule has 0 unspecified atom stereocenters. The van der Waals surface area contributed by atoms with E-state index in [1.54, 1.807) is 0 Å². The first-order chi connectivity index (χ1) is 13.5. The van der Waals surface area contributed by atoms with Crippen LogP contribution in [0.5, 0.6) is 0 Å². The standard InChI is InChI=1S/C22H24N4OS/c1-16-13-20(18-7-5-4-6-8-18)25-22(24-16)28-15-21(27)23-14-17-9-11-19(12-10-17)26(2)3/h4-13H,14-15H2,1-3H3,(H,23,27). The molecule has 1 amide bonds. The molecule has 1 aromatic heterocycles. The summed E-state index contributed by atoms with van der Waals surface area (Å²) in [5.41, 5.74) is 5.01. The van der Waals surface area contributed by atoms with Gasteiger partial charge in [0, 0.05) is 37.6 Å². The molecule has 144 valence electrons. The lowest BCUT2D eigenvalue weighted by molar-refractivity contribution is -0.118. The number of carbonyl (C=O) groups excluding carboxylic acids is 1. The van der Waals surface area contributed by atoms with Gasteiger partial charge in [0.15, 0.2) is 5.16 Å². The van der Waals surface area contributed by atoms with Crippen molar-refractivity contribution in [1.29, 1.82) is 0 Å². The van der Waals surface area contributed by atoms with Crippen LogP contribution in [0.1, 0.15) is 11.3 Å². The van der Waals surface area contributed by atoms with Crippen LogP contribution < -0.4 is 10.2 Å². The number of benzene rings is 2. The number of hydrogen-bond acceptors (Lipinski definition) is 5. The molecule has 0 fully saturated rings. The number of nitrogens with one attached hydrogen (secondary N) is 1. The van der Waals surface area contributed by atoms with Crippen LogP contribution in [0.4, 0.5) is 5.69 Å². The Balaban J connectivity index is 1.55. The van der Waals surface area contributed by atoms with E-state index in [1.165, 1.54) is 11.8 Å². The van der Waals surface area contributed by atoms with E-state index in [9.17, 15) is 4.79 Å². The van der Waals surface area contributed by atoms with Gasteiger partial charge in [-0.05, 0) is 30.7 Å². The first-order valence-corrected chi connectivity index (χ1v) is 10.1. The maximum atomic E-state index is 12.2. The summed E-state index contributed by atoms with van der Waals surface area (Å²) in [5.74, 6) is 0.251. The molecule has 1 heterocycles. The van der Waals surface area contributed by atoms with E-state index in [4.69, 9.17) is 0 Å². The molecule has 3 rings (SSSR count). The molecular formula is C22H24N4OS. The molecule has 0 saturated heterocycles. The number of aryl methyl sites for hydroxylation is 1. The number of nitrogens with zero attached hydrogens (tertiary/aromatic N) is 3. The zero-order valence-electron chi connectivity index (χ0n) is 16.3. The summed E-state index contributed by atoms with van der Waals surface area (Å²) in [5, 5.41) is 3.57. The predicted molar refractivity (Wildman–Crippen MR) is 116 cm³/mol. The normalized spacial score (nSPS) is 10.5. The first-order valence-electron chi connectivity index (χ1n) is 9.08. The van der Waals surface area contributed by atoms with E-state index in [0.29, 0.717) is 11.7 Å². The number of aromatic nitrogens is 2. The van der Waals surface area contributed by atoms with Gasteiger partial charge in [-0.15, -0.1) is 0 Å². The third-order valence-corrected chi connectivity index (χ3v) is 5.03. The maximum Gasteiger partial charge on any atom is 0.230 e. The first kappa shape index (κ1) is 19.9. The Kier molecular flexibility index (Phi) is 6.66. The number of carbonyl (C=O) groups is 1. The van der Waals surface area contributed by atoms with E-state index in [0.717, 1.165) is 28.2 Å². The highest BCUT2D eigenvalue weighted by atomic mass is 32.2. The molecule has 0 spiro atoms. The van der Waals surface area contributed by atoms with Crippen molar-refractivity contribution in [1.82, 2.24) is 15.3 Å². The van der Waals surface area contributed by atoms with E-state index < -0.39 is 0 Å². The zero-order valence-corrected chi connectivity index (χ0v) is 17.2. The van der Waals surface area contributed by atoms with Crippen molar-refractivity contribution in [2.75, 3.05) is 24.7 Å². The average Bonchev–Trinajstić information content (AvgIpc) is 2.71. The minimum Gasteiger partial charge on any atom is -0.378 e. The molecule has 0 aliphatic rings. The van der Waals surface area contributed by atoms with E-state index in [2.05, 4.69) is 15.3 Å². The van der Waals surface area contributed by atoms with Gasteiger partial charge in [-0.25, -0.2) is 9.97 Å². The van der Waals surface area contributed by atoms with Gasteiger partial charge in [0.05, 0.1) is 11.4 Å². The van der Waals surface area contributed by atoms with Gasteiger partial charge in [-0.3, -0.25) is 4.79 Å². The largest absolute Gasteiger partial charge is 0.378 e. The lowest BCUT2D eigenvalue weighted by Gasteiger charge is -2.13. The van der Waals surface area contributed by atoms with Crippen molar-refractivity contribution in [3.8, 4) is 11.3 Å². The van der Waals surface area contributed by atoms with Crippen molar-refractivity contribution in [2.45, 2.75) is 18.6 Å². The highest BCUT2D eigenvalue weighted by molar-refractivity contribution is 7.99. The second kappa shape index (κ2) is 9.37. The summed E-state index contributed by atoms with van der Waals surface area (Å²) in [4.78, 5) is 23.3. The van der Waals surface area contributed by atoms with Gasteiger partial charge < -0.3 is 10.2 Å². The Morgan fingerprint density at radius 1 is 1.04 bits per heavy atom. The molecule has 0 radical (unpaired) electrons. The van der Waals surface area contributed by atoms with Crippen LogP contribution in [0.25, 0.3) is 11.3 Å². The van der Waals surface area contributed by atoms with E-state index in [-0.39, 0.29) is 11.7 Å². The number of anilines is 1. The summed E-state index contributed by atoms with van der Waals surface area (Å²) in [7, 11) is 4.01. The van der Waals surface area contributed by atoms with Crippen LogP contribution >= 0.6 is 11.8 Å². The Morgan fingerprint density at radius 2 is 1.75 bits per heavy atom. The molecule has 0 saturated carbocycles. The molecule has 0 aliphatic heterocycles. The Bertz CT molecular complexity index is 927. The Labute approximate surface area is 170 Å². The lowest BCUT2D eigenvalue weighted by Crippen LogP contribution is -2.24. The van der Waals surface area contributed by atoms with Crippen LogP contribution in [-0.2, 0) is 11.3 Å². The third-order valence-electron chi connectivity index (χ3n) is 4.18. The Hall–Kier alpha value is -2.86. The van der Waals surface area contributed by atoms with Crippen molar-refractivity contribution in [3.63, 3.8) is 0 Å². The summed E-state index contributed by atoms with van der Waals surface area (Å²) >= 11 is 1.35. The summed E-state index contributed by atoms with van der Waals surface area (Å²) in [6.45, 7) is 2.45. The number of thioether (sulfide) groups is 1. The van der Waals surface area contributed by atoms with Crippen LogP contribution in [0.2, 0.25) is 0 Å². The van der Waals surface area contributed by atoms with Crippen LogP contribution in [0.15, 0.2) is 65.8 Å². The average molecular weight is 393 g/mol. The van der Waals surface area contributed by atoms with E-state index >= 15 is 0 Å².